The minimum atomic E-state index is -0.232. The highest BCUT2D eigenvalue weighted by Gasteiger charge is 2.22. The maximum absolute atomic E-state index is 13.0. The molecule has 0 radical (unpaired) electrons. The van der Waals surface area contributed by atoms with Gasteiger partial charge in [-0.25, -0.2) is 4.39 Å². The summed E-state index contributed by atoms with van der Waals surface area (Å²) in [6.45, 7) is 4.61. The van der Waals surface area contributed by atoms with Crippen molar-refractivity contribution in [3.05, 3.63) is 42.3 Å². The molecule has 1 unspecified atom stereocenters. The van der Waals surface area contributed by atoms with E-state index in [1.54, 1.807) is 12.1 Å². The van der Waals surface area contributed by atoms with Crippen molar-refractivity contribution in [1.29, 1.82) is 0 Å². The molecule has 2 heterocycles. The maximum Gasteiger partial charge on any atom is 0.123 e. The van der Waals surface area contributed by atoms with E-state index in [9.17, 15) is 9.50 Å². The summed E-state index contributed by atoms with van der Waals surface area (Å²) in [5.41, 5.74) is 1.78. The Bertz CT molecular complexity index is 601. The van der Waals surface area contributed by atoms with Gasteiger partial charge >= 0.3 is 0 Å². The molecule has 1 fully saturated rings. The molecule has 0 bridgehead atoms. The summed E-state index contributed by atoms with van der Waals surface area (Å²) in [4.78, 5) is 2.35. The largest absolute Gasteiger partial charge is 0.393 e. The van der Waals surface area contributed by atoms with Crippen molar-refractivity contribution in [2.24, 2.45) is 5.92 Å². The normalized spacial score (nSPS) is 18.5. The Morgan fingerprint density at radius 3 is 2.55 bits per heavy atom. The van der Waals surface area contributed by atoms with E-state index >= 15 is 0 Å². The Labute approximate surface area is 130 Å². The highest BCUT2D eigenvalue weighted by Crippen LogP contribution is 2.21. The number of hydrogen-bond acceptors (Lipinski definition) is 3. The van der Waals surface area contributed by atoms with Crippen molar-refractivity contribution in [2.45, 2.75) is 32.5 Å². The fourth-order valence-electron chi connectivity index (χ4n) is 3.00. The predicted molar refractivity (Wildman–Crippen MR) is 83.6 cm³/mol. The van der Waals surface area contributed by atoms with Gasteiger partial charge in [0.15, 0.2) is 0 Å². The lowest BCUT2D eigenvalue weighted by Crippen LogP contribution is -2.38. The second-order valence-corrected chi connectivity index (χ2v) is 6.08. The lowest BCUT2D eigenvalue weighted by molar-refractivity contribution is 0.0595. The number of hydrogen-bond donors (Lipinski definition) is 1. The zero-order valence-electron chi connectivity index (χ0n) is 12.8. The summed E-state index contributed by atoms with van der Waals surface area (Å²) >= 11 is 0. The van der Waals surface area contributed by atoms with Gasteiger partial charge in [0.05, 0.1) is 18.5 Å². The minimum absolute atomic E-state index is 0.211. The Hall–Kier alpha value is -1.72. The van der Waals surface area contributed by atoms with Gasteiger partial charge in [-0.05, 0) is 56.0 Å². The van der Waals surface area contributed by atoms with Crippen LogP contribution in [0.25, 0.3) is 11.3 Å². The van der Waals surface area contributed by atoms with Gasteiger partial charge in [-0.15, -0.1) is 0 Å². The molecule has 0 amide bonds. The van der Waals surface area contributed by atoms with Crippen LogP contribution in [0, 0.1) is 11.7 Å². The predicted octanol–water partition coefficient (Wildman–Crippen LogP) is 2.74. The zero-order chi connectivity index (χ0) is 15.5. The maximum atomic E-state index is 13.0. The molecule has 0 saturated carbocycles. The van der Waals surface area contributed by atoms with Gasteiger partial charge in [0.1, 0.15) is 5.82 Å². The van der Waals surface area contributed by atoms with Crippen molar-refractivity contribution in [3.63, 3.8) is 0 Å². The van der Waals surface area contributed by atoms with Crippen LogP contribution in [0.3, 0.4) is 0 Å². The fraction of sp³-hybridized carbons (Fsp3) is 0.471. The Balaban J connectivity index is 1.59. The van der Waals surface area contributed by atoms with Gasteiger partial charge in [0, 0.05) is 24.8 Å². The summed E-state index contributed by atoms with van der Waals surface area (Å²) in [5.74, 6) is 0.188. The van der Waals surface area contributed by atoms with Crippen LogP contribution in [0.5, 0.6) is 0 Å². The van der Waals surface area contributed by atoms with E-state index in [2.05, 4.69) is 10.00 Å². The molecule has 1 aliphatic heterocycles. The molecule has 1 N–H and O–H groups in total. The lowest BCUT2D eigenvalue weighted by atomic mass is 9.92. The molecule has 118 valence electrons. The molecule has 1 aromatic carbocycles. The second kappa shape index (κ2) is 6.58. The van der Waals surface area contributed by atoms with Gasteiger partial charge in [0.25, 0.3) is 0 Å². The first-order valence-corrected chi connectivity index (χ1v) is 7.81. The fourth-order valence-corrected chi connectivity index (χ4v) is 3.00. The third-order valence-corrected chi connectivity index (χ3v) is 4.44. The van der Waals surface area contributed by atoms with E-state index < -0.39 is 0 Å². The number of aromatic nitrogens is 2. The summed E-state index contributed by atoms with van der Waals surface area (Å²) in [6.07, 6.45) is 3.81. The topological polar surface area (TPSA) is 41.3 Å². The molecule has 1 atom stereocenters. The van der Waals surface area contributed by atoms with Crippen molar-refractivity contribution in [3.8, 4) is 11.3 Å². The Kier molecular flexibility index (Phi) is 4.55. The average Bonchev–Trinajstić information content (AvgIpc) is 2.97. The first kappa shape index (κ1) is 15.2. The van der Waals surface area contributed by atoms with Crippen LogP contribution in [0.15, 0.2) is 36.5 Å². The van der Waals surface area contributed by atoms with Crippen LogP contribution in [-0.4, -0.2) is 39.0 Å². The van der Waals surface area contributed by atoms with E-state index in [-0.39, 0.29) is 11.9 Å². The van der Waals surface area contributed by atoms with Crippen molar-refractivity contribution < 1.29 is 9.50 Å². The van der Waals surface area contributed by atoms with Crippen LogP contribution >= 0.6 is 0 Å². The standard InChI is InChI=1S/C17H22FN3O/c1-13(22)14-6-9-20(10-7-14)12-21-11-8-17(19-21)15-2-4-16(18)5-3-15/h2-5,8,11,13-14,22H,6-7,9-10,12H2,1H3. The molecule has 22 heavy (non-hydrogen) atoms. The number of aliphatic hydroxyl groups excluding tert-OH is 1. The first-order valence-electron chi connectivity index (χ1n) is 7.81. The third-order valence-electron chi connectivity index (χ3n) is 4.44. The van der Waals surface area contributed by atoms with Crippen LogP contribution in [0.2, 0.25) is 0 Å². The van der Waals surface area contributed by atoms with Crippen molar-refractivity contribution in [2.75, 3.05) is 13.1 Å². The molecular weight excluding hydrogens is 281 g/mol. The van der Waals surface area contributed by atoms with Gasteiger partial charge in [-0.2, -0.15) is 5.10 Å². The lowest BCUT2D eigenvalue weighted by Gasteiger charge is -2.32. The Morgan fingerprint density at radius 2 is 1.91 bits per heavy atom. The van der Waals surface area contributed by atoms with E-state index in [0.29, 0.717) is 5.92 Å². The highest BCUT2D eigenvalue weighted by molar-refractivity contribution is 5.58. The molecule has 1 saturated heterocycles. The van der Waals surface area contributed by atoms with Crippen molar-refractivity contribution >= 4 is 0 Å². The summed E-state index contributed by atoms with van der Waals surface area (Å²) in [6, 6.07) is 8.35. The molecular formula is C17H22FN3O. The van der Waals surface area contributed by atoms with E-state index in [1.165, 1.54) is 12.1 Å². The summed E-state index contributed by atoms with van der Waals surface area (Å²) < 4.78 is 14.9. The zero-order valence-corrected chi connectivity index (χ0v) is 12.8. The molecule has 2 aromatic rings. The number of piperidine rings is 1. The van der Waals surface area contributed by atoms with Crippen molar-refractivity contribution in [1.82, 2.24) is 14.7 Å². The first-order chi connectivity index (χ1) is 10.6. The SMILES string of the molecule is CC(O)C1CCN(Cn2ccc(-c3ccc(F)cc3)n2)CC1. The molecule has 4 nitrogen and oxygen atoms in total. The van der Waals surface area contributed by atoms with Gasteiger partial charge in [-0.1, -0.05) is 0 Å². The third kappa shape index (κ3) is 3.54. The number of likely N-dealkylation sites (tertiary alicyclic amines) is 1. The highest BCUT2D eigenvalue weighted by atomic mass is 19.1. The molecule has 0 spiro atoms. The average molecular weight is 303 g/mol. The van der Waals surface area contributed by atoms with Crippen LogP contribution < -0.4 is 0 Å². The minimum Gasteiger partial charge on any atom is -0.393 e. The monoisotopic (exact) mass is 303 g/mol. The molecule has 0 aliphatic carbocycles. The second-order valence-electron chi connectivity index (χ2n) is 6.08. The van der Waals surface area contributed by atoms with Crippen LogP contribution in [-0.2, 0) is 6.67 Å². The van der Waals surface area contributed by atoms with Gasteiger partial charge in [0.2, 0.25) is 0 Å². The number of rotatable bonds is 4. The molecule has 1 aromatic heterocycles. The number of benzene rings is 1. The molecule has 1 aliphatic rings. The van der Waals surface area contributed by atoms with Gasteiger partial charge < -0.3 is 5.11 Å². The Morgan fingerprint density at radius 1 is 1.23 bits per heavy atom. The quantitative estimate of drug-likeness (QED) is 0.944. The van der Waals surface area contributed by atoms with Crippen LogP contribution in [0.4, 0.5) is 4.39 Å². The number of halogens is 1. The van der Waals surface area contributed by atoms with E-state index in [1.807, 2.05) is 23.9 Å². The number of aliphatic hydroxyl groups is 1. The van der Waals surface area contributed by atoms with E-state index in [4.69, 9.17) is 0 Å². The van der Waals surface area contributed by atoms with E-state index in [0.717, 1.165) is 43.9 Å². The summed E-state index contributed by atoms with van der Waals surface area (Å²) in [5, 5.41) is 14.2. The summed E-state index contributed by atoms with van der Waals surface area (Å²) in [7, 11) is 0. The smallest absolute Gasteiger partial charge is 0.123 e. The number of nitrogens with zero attached hydrogens (tertiary/aromatic N) is 3. The van der Waals surface area contributed by atoms with Gasteiger partial charge in [-0.3, -0.25) is 9.58 Å². The van der Waals surface area contributed by atoms with Crippen LogP contribution in [0.1, 0.15) is 19.8 Å². The molecule has 5 heteroatoms. The molecule has 3 rings (SSSR count).